The van der Waals surface area contributed by atoms with Gasteiger partial charge in [-0.3, -0.25) is 0 Å². The van der Waals surface area contributed by atoms with Gasteiger partial charge in [-0.25, -0.2) is 0 Å². The Morgan fingerprint density at radius 2 is 1.61 bits per heavy atom. The summed E-state index contributed by atoms with van der Waals surface area (Å²) < 4.78 is 18.7. The van der Waals surface area contributed by atoms with Crippen LogP contribution in [-0.2, 0) is 13.8 Å². The van der Waals surface area contributed by atoms with Gasteiger partial charge in [0.2, 0.25) is 0 Å². The van der Waals surface area contributed by atoms with Crippen LogP contribution in [-0.4, -0.2) is 57.7 Å². The zero-order chi connectivity index (χ0) is 12.5. The van der Waals surface area contributed by atoms with Gasteiger partial charge in [0, 0.05) is 0 Å². The topological polar surface area (TPSA) is 163 Å². The summed E-state index contributed by atoms with van der Waals surface area (Å²) in [5.41, 5.74) is 0. The Morgan fingerprint density at radius 1 is 1.11 bits per heavy atom. The molecule has 1 aliphatic rings. The molecule has 96 valence electrons. The zero-order valence-electron chi connectivity index (χ0n) is 9.87. The molecule has 0 saturated carbocycles. The Hall–Kier alpha value is 1.91. The molecule has 1 heterocycles. The second-order valence-corrected chi connectivity index (χ2v) is 4.36. The van der Waals surface area contributed by atoms with Crippen molar-refractivity contribution in [3.63, 3.8) is 0 Å². The van der Waals surface area contributed by atoms with Gasteiger partial charge in [-0.15, -0.1) is 0 Å². The molecule has 0 amide bonds. The molecule has 0 aromatic rings. The van der Waals surface area contributed by atoms with Gasteiger partial charge >= 0.3 is 59.1 Å². The van der Waals surface area contributed by atoms with Gasteiger partial charge in [0.25, 0.3) is 0 Å². The SMILES string of the molecule is O=P([O-])([O-])O[C@@H]1O[C@H](CO)[C@H](O)[C@H](O)[C@@H]1O.[Na+].[Na+]. The number of phosphoric ester groups is 1. The van der Waals surface area contributed by atoms with E-state index in [0.29, 0.717) is 0 Å². The summed E-state index contributed by atoms with van der Waals surface area (Å²) in [5.74, 6) is 0. The molecule has 0 unspecified atom stereocenters. The molecule has 1 saturated heterocycles. The van der Waals surface area contributed by atoms with E-state index in [2.05, 4.69) is 9.26 Å². The fraction of sp³-hybridized carbons (Fsp3) is 1.00. The Morgan fingerprint density at radius 3 is 2.00 bits per heavy atom. The van der Waals surface area contributed by atoms with Crippen molar-refractivity contribution in [3.05, 3.63) is 0 Å². The molecule has 1 aliphatic heterocycles. The van der Waals surface area contributed by atoms with E-state index >= 15 is 0 Å². The molecule has 0 bridgehead atoms. The average molecular weight is 304 g/mol. The summed E-state index contributed by atoms with van der Waals surface area (Å²) in [7, 11) is -5.41. The molecule has 0 aromatic carbocycles. The predicted octanol–water partition coefficient (Wildman–Crippen LogP) is -10.4. The number of phosphoric acid groups is 1. The minimum Gasteiger partial charge on any atom is -0.790 e. The maximum absolute atomic E-state index is 10.3. The van der Waals surface area contributed by atoms with Crippen molar-refractivity contribution < 1.29 is 103 Å². The van der Waals surface area contributed by atoms with Gasteiger partial charge in [-0.1, -0.05) is 0 Å². The fourth-order valence-corrected chi connectivity index (χ4v) is 1.71. The number of ether oxygens (including phenoxy) is 1. The zero-order valence-corrected chi connectivity index (χ0v) is 14.8. The molecule has 0 spiro atoms. The van der Waals surface area contributed by atoms with E-state index in [1.54, 1.807) is 0 Å². The van der Waals surface area contributed by atoms with Crippen molar-refractivity contribution in [2.45, 2.75) is 30.7 Å². The van der Waals surface area contributed by atoms with Crippen LogP contribution in [0.3, 0.4) is 0 Å². The van der Waals surface area contributed by atoms with Crippen LogP contribution in [0.15, 0.2) is 0 Å². The van der Waals surface area contributed by atoms with Crippen LogP contribution < -0.4 is 68.9 Å². The number of aliphatic hydroxyl groups excluding tert-OH is 4. The van der Waals surface area contributed by atoms with Crippen LogP contribution >= 0.6 is 7.82 Å². The van der Waals surface area contributed by atoms with E-state index in [-0.39, 0.29) is 59.1 Å². The molecule has 0 aliphatic carbocycles. The van der Waals surface area contributed by atoms with Crippen molar-refractivity contribution >= 4 is 7.82 Å². The minimum atomic E-state index is -5.41. The van der Waals surface area contributed by atoms with Crippen LogP contribution in [0, 0.1) is 0 Å². The quantitative estimate of drug-likeness (QED) is 0.293. The molecule has 12 heteroatoms. The monoisotopic (exact) mass is 304 g/mol. The molecular formula is C6H11Na2O9P. The van der Waals surface area contributed by atoms with Crippen molar-refractivity contribution in [2.24, 2.45) is 0 Å². The van der Waals surface area contributed by atoms with E-state index < -0.39 is 45.1 Å². The molecule has 0 aromatic heterocycles. The summed E-state index contributed by atoms with van der Waals surface area (Å²) in [5, 5.41) is 36.5. The third kappa shape index (κ3) is 6.13. The molecule has 0 radical (unpaired) electrons. The summed E-state index contributed by atoms with van der Waals surface area (Å²) in [6.07, 6.45) is -8.61. The van der Waals surface area contributed by atoms with E-state index in [0.717, 1.165) is 0 Å². The van der Waals surface area contributed by atoms with Crippen LogP contribution in [0.4, 0.5) is 0 Å². The van der Waals surface area contributed by atoms with Crippen LogP contribution in [0.5, 0.6) is 0 Å². The number of hydrogen-bond donors (Lipinski definition) is 4. The largest absolute Gasteiger partial charge is 1.00 e. The number of hydrogen-bond acceptors (Lipinski definition) is 9. The Kier molecular flexibility index (Phi) is 11.1. The van der Waals surface area contributed by atoms with E-state index in [9.17, 15) is 29.7 Å². The van der Waals surface area contributed by atoms with Crippen LogP contribution in [0.25, 0.3) is 0 Å². The molecule has 5 atom stereocenters. The normalized spacial score (nSPS) is 36.4. The van der Waals surface area contributed by atoms with Gasteiger partial charge in [-0.05, 0) is 0 Å². The standard InChI is InChI=1S/C6H13O9P.2Na/c7-1-2-3(8)4(9)5(10)6(14-2)15-16(11,12)13;;/h2-10H,1H2,(H2,11,12,13);;/q;2*+1/p-2/t2-,3+,4+,5+,6+;;/m1../s1. The van der Waals surface area contributed by atoms with Gasteiger partial charge in [-0.2, -0.15) is 0 Å². The van der Waals surface area contributed by atoms with Crippen molar-refractivity contribution in [1.82, 2.24) is 0 Å². The maximum atomic E-state index is 10.3. The van der Waals surface area contributed by atoms with Crippen molar-refractivity contribution in [3.8, 4) is 0 Å². The first-order valence-electron chi connectivity index (χ1n) is 4.27. The van der Waals surface area contributed by atoms with E-state index in [1.807, 2.05) is 0 Å². The van der Waals surface area contributed by atoms with Gasteiger partial charge < -0.3 is 44.0 Å². The molecule has 4 N–H and O–H groups in total. The summed E-state index contributed by atoms with van der Waals surface area (Å²) in [6.45, 7) is -0.743. The summed E-state index contributed by atoms with van der Waals surface area (Å²) in [6, 6.07) is 0. The van der Waals surface area contributed by atoms with Crippen molar-refractivity contribution in [2.75, 3.05) is 6.61 Å². The Bertz CT molecular complexity index is 284. The second-order valence-electron chi connectivity index (χ2n) is 3.25. The maximum Gasteiger partial charge on any atom is 1.00 e. The van der Waals surface area contributed by atoms with Crippen molar-refractivity contribution in [1.29, 1.82) is 0 Å². The van der Waals surface area contributed by atoms with Crippen LogP contribution in [0.2, 0.25) is 0 Å². The van der Waals surface area contributed by atoms with Gasteiger partial charge in [0.05, 0.1) is 14.4 Å². The molecule has 9 nitrogen and oxygen atoms in total. The number of aliphatic hydroxyl groups is 4. The predicted molar refractivity (Wildman–Crippen MR) is 42.5 cm³/mol. The smallest absolute Gasteiger partial charge is 0.790 e. The first-order chi connectivity index (χ1) is 7.26. The van der Waals surface area contributed by atoms with E-state index in [1.165, 1.54) is 0 Å². The first-order valence-corrected chi connectivity index (χ1v) is 5.73. The Labute approximate surface area is 147 Å². The summed E-state index contributed by atoms with van der Waals surface area (Å²) in [4.78, 5) is 20.6. The fourth-order valence-electron chi connectivity index (χ4n) is 1.28. The summed E-state index contributed by atoms with van der Waals surface area (Å²) >= 11 is 0. The molecule has 1 rings (SSSR count). The number of rotatable bonds is 3. The van der Waals surface area contributed by atoms with Gasteiger partial charge in [0.15, 0.2) is 6.29 Å². The third-order valence-electron chi connectivity index (χ3n) is 2.08. The van der Waals surface area contributed by atoms with Crippen LogP contribution in [0.1, 0.15) is 0 Å². The van der Waals surface area contributed by atoms with E-state index in [4.69, 9.17) is 5.11 Å². The third-order valence-corrected chi connectivity index (χ3v) is 2.55. The average Bonchev–Trinajstić information content (AvgIpc) is 2.17. The molecular weight excluding hydrogens is 293 g/mol. The molecule has 1 fully saturated rings. The Balaban J connectivity index is 0. The van der Waals surface area contributed by atoms with Gasteiger partial charge in [0.1, 0.15) is 24.4 Å². The minimum absolute atomic E-state index is 0. The molecule has 18 heavy (non-hydrogen) atoms. The second kappa shape index (κ2) is 9.04. The first kappa shape index (κ1) is 22.2.